The highest BCUT2D eigenvalue weighted by atomic mass is 16.1. The number of aromatic nitrogens is 2. The van der Waals surface area contributed by atoms with Gasteiger partial charge in [0.15, 0.2) is 0 Å². The van der Waals surface area contributed by atoms with Gasteiger partial charge in [-0.3, -0.25) is 4.79 Å². The van der Waals surface area contributed by atoms with E-state index < -0.39 is 0 Å². The van der Waals surface area contributed by atoms with Crippen molar-refractivity contribution in [3.63, 3.8) is 0 Å². The maximum Gasteiger partial charge on any atom is 0.243 e. The molecule has 0 spiro atoms. The van der Waals surface area contributed by atoms with Crippen LogP contribution < -0.4 is 5.32 Å². The predicted molar refractivity (Wildman–Crippen MR) is 52.7 cm³/mol. The van der Waals surface area contributed by atoms with Crippen LogP contribution in [0.15, 0.2) is 25.0 Å². The molecule has 74 valence electrons. The molecule has 14 heavy (non-hydrogen) atoms. The number of hydrogen-bond acceptors (Lipinski definition) is 2. The van der Waals surface area contributed by atoms with Crippen LogP contribution in [0.1, 0.15) is 12.2 Å². The van der Waals surface area contributed by atoms with Crippen molar-refractivity contribution < 1.29 is 4.79 Å². The van der Waals surface area contributed by atoms with Crippen molar-refractivity contribution in [3.05, 3.63) is 30.9 Å². The Kier molecular flexibility index (Phi) is 2.35. The third kappa shape index (κ3) is 1.69. The minimum Gasteiger partial charge on any atom is -0.349 e. The lowest BCUT2D eigenvalue weighted by molar-refractivity contribution is -0.117. The molecule has 2 rings (SSSR count). The van der Waals surface area contributed by atoms with Crippen LogP contribution in [0, 0.1) is 0 Å². The van der Waals surface area contributed by atoms with Gasteiger partial charge in [0.25, 0.3) is 0 Å². The molecule has 4 heteroatoms. The quantitative estimate of drug-likeness (QED) is 0.692. The van der Waals surface area contributed by atoms with E-state index in [1.54, 1.807) is 6.20 Å². The molecule has 0 aromatic carbocycles. The molecule has 0 bridgehead atoms. The molecular weight excluding hydrogens is 178 g/mol. The summed E-state index contributed by atoms with van der Waals surface area (Å²) in [6, 6.07) is 0.204. The molecule has 0 saturated heterocycles. The molecule has 2 heterocycles. The summed E-state index contributed by atoms with van der Waals surface area (Å²) in [4.78, 5) is 15.3. The first kappa shape index (κ1) is 8.99. The second kappa shape index (κ2) is 3.65. The number of rotatable bonds is 2. The second-order valence-electron chi connectivity index (χ2n) is 3.44. The molecule has 1 unspecified atom stereocenters. The Morgan fingerprint density at radius 3 is 3.43 bits per heavy atom. The molecule has 0 saturated carbocycles. The lowest BCUT2D eigenvalue weighted by atomic mass is 10.1. The normalized spacial score (nSPS) is 19.9. The summed E-state index contributed by atoms with van der Waals surface area (Å²) < 4.78 is 2.12. The molecule has 1 aliphatic heterocycles. The summed E-state index contributed by atoms with van der Waals surface area (Å²) in [7, 11) is 0. The summed E-state index contributed by atoms with van der Waals surface area (Å²) in [6.45, 7) is 4.36. The van der Waals surface area contributed by atoms with Gasteiger partial charge >= 0.3 is 0 Å². The molecule has 0 aliphatic carbocycles. The fraction of sp³-hybridized carbons (Fsp3) is 0.400. The summed E-state index contributed by atoms with van der Waals surface area (Å²) in [5, 5.41) is 2.89. The zero-order chi connectivity index (χ0) is 9.97. The largest absolute Gasteiger partial charge is 0.349 e. The molecule has 1 aromatic heterocycles. The molecule has 1 amide bonds. The standard InChI is InChI=1S/C10H13N3O/c1-2-10(14)12-8-3-5-13-6-4-11-9(13)7-8/h2,4,6,8H,1,3,5,7H2,(H,12,14). The van der Waals surface area contributed by atoms with Crippen LogP contribution in [-0.4, -0.2) is 21.5 Å². The molecule has 1 aromatic rings. The Bertz CT molecular complexity index is 356. The summed E-state index contributed by atoms with van der Waals surface area (Å²) in [6.07, 6.45) is 6.85. The van der Waals surface area contributed by atoms with E-state index in [2.05, 4.69) is 21.4 Å². The molecular formula is C10H13N3O. The lowest BCUT2D eigenvalue weighted by Gasteiger charge is -2.23. The van der Waals surface area contributed by atoms with E-state index in [1.165, 1.54) is 6.08 Å². The van der Waals surface area contributed by atoms with Gasteiger partial charge < -0.3 is 9.88 Å². The van der Waals surface area contributed by atoms with Gasteiger partial charge in [-0.15, -0.1) is 0 Å². The third-order valence-corrected chi connectivity index (χ3v) is 2.48. The Morgan fingerprint density at radius 2 is 2.64 bits per heavy atom. The van der Waals surface area contributed by atoms with Gasteiger partial charge in [-0.2, -0.15) is 0 Å². The second-order valence-corrected chi connectivity index (χ2v) is 3.44. The molecule has 4 nitrogen and oxygen atoms in total. The van der Waals surface area contributed by atoms with Gasteiger partial charge in [0, 0.05) is 31.4 Å². The smallest absolute Gasteiger partial charge is 0.243 e. The molecule has 0 fully saturated rings. The first-order valence-corrected chi connectivity index (χ1v) is 4.72. The van der Waals surface area contributed by atoms with Gasteiger partial charge in [0.1, 0.15) is 5.82 Å². The van der Waals surface area contributed by atoms with Gasteiger partial charge in [0.2, 0.25) is 5.91 Å². The minimum absolute atomic E-state index is 0.102. The van der Waals surface area contributed by atoms with Crippen LogP contribution in [0.2, 0.25) is 0 Å². The minimum atomic E-state index is -0.102. The van der Waals surface area contributed by atoms with Gasteiger partial charge in [-0.1, -0.05) is 6.58 Å². The molecule has 1 aliphatic rings. The Labute approximate surface area is 82.6 Å². The average Bonchev–Trinajstić information content (AvgIpc) is 2.64. The number of hydrogen-bond donors (Lipinski definition) is 1. The lowest BCUT2D eigenvalue weighted by Crippen LogP contribution is -2.39. The topological polar surface area (TPSA) is 46.9 Å². The van der Waals surface area contributed by atoms with E-state index in [1.807, 2.05) is 6.20 Å². The number of carbonyl (C=O) groups is 1. The Morgan fingerprint density at radius 1 is 1.79 bits per heavy atom. The number of nitrogens with zero attached hydrogens (tertiary/aromatic N) is 2. The molecule has 1 N–H and O–H groups in total. The zero-order valence-electron chi connectivity index (χ0n) is 7.94. The van der Waals surface area contributed by atoms with Crippen LogP contribution >= 0.6 is 0 Å². The van der Waals surface area contributed by atoms with Crippen molar-refractivity contribution >= 4 is 5.91 Å². The van der Waals surface area contributed by atoms with Gasteiger partial charge in [-0.05, 0) is 12.5 Å². The van der Waals surface area contributed by atoms with Crippen molar-refractivity contribution in [2.24, 2.45) is 0 Å². The van der Waals surface area contributed by atoms with E-state index in [0.717, 1.165) is 25.2 Å². The van der Waals surface area contributed by atoms with Crippen LogP contribution in [0.25, 0.3) is 0 Å². The molecule has 0 radical (unpaired) electrons. The van der Waals surface area contributed by atoms with Crippen LogP contribution in [-0.2, 0) is 17.8 Å². The highest BCUT2D eigenvalue weighted by molar-refractivity contribution is 5.87. The van der Waals surface area contributed by atoms with Crippen molar-refractivity contribution in [2.75, 3.05) is 0 Å². The number of nitrogens with one attached hydrogen (secondary N) is 1. The number of aryl methyl sites for hydroxylation is 1. The fourth-order valence-electron chi connectivity index (χ4n) is 1.73. The number of carbonyl (C=O) groups excluding carboxylic acids is 1. The Balaban J connectivity index is 2.00. The van der Waals surface area contributed by atoms with E-state index in [4.69, 9.17) is 0 Å². The Hall–Kier alpha value is -1.58. The number of fused-ring (bicyclic) bond motifs is 1. The van der Waals surface area contributed by atoms with E-state index in [9.17, 15) is 4.79 Å². The van der Waals surface area contributed by atoms with E-state index in [-0.39, 0.29) is 11.9 Å². The highest BCUT2D eigenvalue weighted by Gasteiger charge is 2.19. The van der Waals surface area contributed by atoms with Crippen molar-refractivity contribution in [1.82, 2.24) is 14.9 Å². The van der Waals surface area contributed by atoms with Crippen LogP contribution in [0.4, 0.5) is 0 Å². The van der Waals surface area contributed by atoms with Crippen LogP contribution in [0.5, 0.6) is 0 Å². The van der Waals surface area contributed by atoms with Crippen molar-refractivity contribution in [1.29, 1.82) is 0 Å². The average molecular weight is 191 g/mol. The highest BCUT2D eigenvalue weighted by Crippen LogP contribution is 2.12. The monoisotopic (exact) mass is 191 g/mol. The van der Waals surface area contributed by atoms with E-state index >= 15 is 0 Å². The zero-order valence-corrected chi connectivity index (χ0v) is 7.94. The fourth-order valence-corrected chi connectivity index (χ4v) is 1.73. The summed E-state index contributed by atoms with van der Waals surface area (Å²) >= 11 is 0. The van der Waals surface area contributed by atoms with Gasteiger partial charge in [-0.25, -0.2) is 4.98 Å². The van der Waals surface area contributed by atoms with Gasteiger partial charge in [0.05, 0.1) is 0 Å². The molecule has 1 atom stereocenters. The van der Waals surface area contributed by atoms with E-state index in [0.29, 0.717) is 0 Å². The maximum absolute atomic E-state index is 11.1. The van der Waals surface area contributed by atoms with Crippen molar-refractivity contribution in [2.45, 2.75) is 25.4 Å². The first-order valence-electron chi connectivity index (χ1n) is 4.72. The summed E-state index contributed by atoms with van der Waals surface area (Å²) in [5.74, 6) is 0.945. The first-order chi connectivity index (χ1) is 6.79. The maximum atomic E-state index is 11.1. The number of imidazole rings is 1. The van der Waals surface area contributed by atoms with Crippen LogP contribution in [0.3, 0.4) is 0 Å². The van der Waals surface area contributed by atoms with Crippen molar-refractivity contribution in [3.8, 4) is 0 Å². The predicted octanol–water partition coefficient (Wildman–Crippen LogP) is 0.500. The number of amides is 1. The SMILES string of the molecule is C=CC(=O)NC1CCn2ccnc2C1. The summed E-state index contributed by atoms with van der Waals surface area (Å²) in [5.41, 5.74) is 0. The third-order valence-electron chi connectivity index (χ3n) is 2.48.